The van der Waals surface area contributed by atoms with Crippen LogP contribution in [0.3, 0.4) is 0 Å². The van der Waals surface area contributed by atoms with Gasteiger partial charge in [0.15, 0.2) is 5.96 Å². The highest BCUT2D eigenvalue weighted by Crippen LogP contribution is 2.38. The van der Waals surface area contributed by atoms with E-state index in [-0.39, 0.29) is 5.54 Å². The maximum absolute atomic E-state index is 6.06. The van der Waals surface area contributed by atoms with E-state index in [0.29, 0.717) is 0 Å². The molecule has 0 amide bonds. The predicted molar refractivity (Wildman–Crippen MR) is 72.2 cm³/mol. The Kier molecular flexibility index (Phi) is 3.92. The average molecular weight is 238 g/mol. The second kappa shape index (κ2) is 5.25. The smallest absolute Gasteiger partial charge is 0.191 e. The van der Waals surface area contributed by atoms with Crippen molar-refractivity contribution in [2.75, 3.05) is 32.7 Å². The number of guanidine groups is 1. The highest BCUT2D eigenvalue weighted by Gasteiger charge is 2.43. The van der Waals surface area contributed by atoms with E-state index in [4.69, 9.17) is 5.73 Å². The third-order valence-corrected chi connectivity index (χ3v) is 4.45. The molecule has 0 unspecified atom stereocenters. The Morgan fingerprint density at radius 1 is 1.29 bits per heavy atom. The van der Waals surface area contributed by atoms with Gasteiger partial charge in [0.05, 0.1) is 12.1 Å². The summed E-state index contributed by atoms with van der Waals surface area (Å²) in [4.78, 5) is 9.32. The number of rotatable bonds is 5. The first kappa shape index (κ1) is 12.7. The van der Waals surface area contributed by atoms with E-state index in [2.05, 4.69) is 28.6 Å². The van der Waals surface area contributed by atoms with Gasteiger partial charge >= 0.3 is 0 Å². The lowest BCUT2D eigenvalue weighted by molar-refractivity contribution is 0.177. The molecule has 4 heteroatoms. The van der Waals surface area contributed by atoms with Gasteiger partial charge in [0.2, 0.25) is 0 Å². The highest BCUT2D eigenvalue weighted by atomic mass is 15.4. The Labute approximate surface area is 105 Å². The minimum atomic E-state index is 0.289. The topological polar surface area (TPSA) is 44.9 Å². The zero-order chi connectivity index (χ0) is 12.3. The Balaban J connectivity index is 1.95. The molecular weight excluding hydrogens is 212 g/mol. The fourth-order valence-electron chi connectivity index (χ4n) is 3.24. The van der Waals surface area contributed by atoms with Crippen LogP contribution in [0.15, 0.2) is 4.99 Å². The molecule has 2 rings (SSSR count). The maximum Gasteiger partial charge on any atom is 0.191 e. The largest absolute Gasteiger partial charge is 0.370 e. The molecule has 0 radical (unpaired) electrons. The SMILES string of the molecule is CCN(CC)CCN1C(N)=NCC12CCCC2. The summed E-state index contributed by atoms with van der Waals surface area (Å²) in [5, 5.41) is 0. The number of nitrogens with zero attached hydrogens (tertiary/aromatic N) is 3. The summed E-state index contributed by atoms with van der Waals surface area (Å²) in [6.07, 6.45) is 5.22. The standard InChI is InChI=1S/C13H26N4/c1-3-16(4-2)9-10-17-12(14)15-11-13(17)7-5-6-8-13/h3-11H2,1-2H3,(H2,14,15). The zero-order valence-electron chi connectivity index (χ0n) is 11.3. The lowest BCUT2D eigenvalue weighted by atomic mass is 9.97. The van der Waals surface area contributed by atoms with E-state index < -0.39 is 0 Å². The molecule has 1 aliphatic heterocycles. The Bertz CT molecular complexity index is 277. The van der Waals surface area contributed by atoms with Crippen molar-refractivity contribution in [1.29, 1.82) is 0 Å². The summed E-state index contributed by atoms with van der Waals surface area (Å²) in [7, 11) is 0. The molecule has 0 bridgehead atoms. The molecule has 98 valence electrons. The normalized spacial score (nSPS) is 22.8. The van der Waals surface area contributed by atoms with Crippen molar-refractivity contribution < 1.29 is 0 Å². The van der Waals surface area contributed by atoms with E-state index in [0.717, 1.165) is 38.7 Å². The van der Waals surface area contributed by atoms with Gasteiger partial charge in [-0.2, -0.15) is 0 Å². The minimum Gasteiger partial charge on any atom is -0.370 e. The van der Waals surface area contributed by atoms with Crippen LogP contribution in [0.5, 0.6) is 0 Å². The maximum atomic E-state index is 6.06. The fourth-order valence-corrected chi connectivity index (χ4v) is 3.24. The Morgan fingerprint density at radius 2 is 1.94 bits per heavy atom. The summed E-state index contributed by atoms with van der Waals surface area (Å²) in [6.45, 7) is 9.74. The number of aliphatic imine (C=N–C) groups is 1. The van der Waals surface area contributed by atoms with Crippen molar-refractivity contribution in [2.24, 2.45) is 10.7 Å². The van der Waals surface area contributed by atoms with E-state index in [1.807, 2.05) is 0 Å². The molecule has 1 aliphatic carbocycles. The number of hydrogen-bond donors (Lipinski definition) is 1. The van der Waals surface area contributed by atoms with Gasteiger partial charge in [-0.25, -0.2) is 0 Å². The first-order valence-electron chi connectivity index (χ1n) is 7.02. The van der Waals surface area contributed by atoms with Crippen molar-refractivity contribution in [1.82, 2.24) is 9.80 Å². The van der Waals surface area contributed by atoms with Gasteiger partial charge in [-0.05, 0) is 25.9 Å². The number of nitrogens with two attached hydrogens (primary N) is 1. The summed E-state index contributed by atoms with van der Waals surface area (Å²) in [5.74, 6) is 0.777. The van der Waals surface area contributed by atoms with E-state index in [1.165, 1.54) is 25.7 Å². The van der Waals surface area contributed by atoms with Gasteiger partial charge in [-0.3, -0.25) is 4.99 Å². The molecule has 0 aromatic carbocycles. The Morgan fingerprint density at radius 3 is 2.53 bits per heavy atom. The Hall–Kier alpha value is -0.770. The molecule has 1 saturated carbocycles. The van der Waals surface area contributed by atoms with Crippen molar-refractivity contribution in [3.63, 3.8) is 0 Å². The van der Waals surface area contributed by atoms with E-state index in [9.17, 15) is 0 Å². The molecule has 1 spiro atoms. The van der Waals surface area contributed by atoms with E-state index >= 15 is 0 Å². The van der Waals surface area contributed by atoms with Crippen LogP contribution in [0.4, 0.5) is 0 Å². The van der Waals surface area contributed by atoms with Crippen LogP contribution in [0.25, 0.3) is 0 Å². The second-order valence-electron chi connectivity index (χ2n) is 5.28. The molecule has 0 aromatic rings. The van der Waals surface area contributed by atoms with Gasteiger partial charge in [-0.15, -0.1) is 0 Å². The van der Waals surface area contributed by atoms with Crippen LogP contribution in [0, 0.1) is 0 Å². The summed E-state index contributed by atoms with van der Waals surface area (Å²) in [6, 6.07) is 0. The first-order valence-corrected chi connectivity index (χ1v) is 7.02. The zero-order valence-corrected chi connectivity index (χ0v) is 11.3. The van der Waals surface area contributed by atoms with E-state index in [1.54, 1.807) is 0 Å². The lowest BCUT2D eigenvalue weighted by Crippen LogP contribution is -2.52. The van der Waals surface area contributed by atoms with Crippen molar-refractivity contribution in [3.8, 4) is 0 Å². The molecule has 0 atom stereocenters. The first-order chi connectivity index (χ1) is 8.22. The van der Waals surface area contributed by atoms with Crippen LogP contribution < -0.4 is 5.73 Å². The third kappa shape index (κ3) is 2.41. The highest BCUT2D eigenvalue weighted by molar-refractivity contribution is 5.81. The molecule has 1 heterocycles. The quantitative estimate of drug-likeness (QED) is 0.784. The van der Waals surface area contributed by atoms with Crippen LogP contribution >= 0.6 is 0 Å². The minimum absolute atomic E-state index is 0.289. The second-order valence-corrected chi connectivity index (χ2v) is 5.28. The molecular formula is C13H26N4. The van der Waals surface area contributed by atoms with Crippen LogP contribution in [0.2, 0.25) is 0 Å². The fraction of sp³-hybridized carbons (Fsp3) is 0.923. The molecule has 0 saturated heterocycles. The van der Waals surface area contributed by atoms with Gasteiger partial charge in [0.1, 0.15) is 0 Å². The van der Waals surface area contributed by atoms with Crippen LogP contribution in [0.1, 0.15) is 39.5 Å². The third-order valence-electron chi connectivity index (χ3n) is 4.45. The summed E-state index contributed by atoms with van der Waals surface area (Å²) >= 11 is 0. The molecule has 1 fully saturated rings. The van der Waals surface area contributed by atoms with Gasteiger partial charge < -0.3 is 15.5 Å². The average Bonchev–Trinajstić information content (AvgIpc) is 2.92. The van der Waals surface area contributed by atoms with Crippen molar-refractivity contribution in [2.45, 2.75) is 45.1 Å². The molecule has 0 aromatic heterocycles. The molecule has 2 aliphatic rings. The lowest BCUT2D eigenvalue weighted by Gasteiger charge is -2.37. The molecule has 4 nitrogen and oxygen atoms in total. The van der Waals surface area contributed by atoms with Crippen molar-refractivity contribution >= 4 is 5.96 Å². The van der Waals surface area contributed by atoms with Crippen molar-refractivity contribution in [3.05, 3.63) is 0 Å². The predicted octanol–water partition coefficient (Wildman–Crippen LogP) is 1.27. The number of hydrogen-bond acceptors (Lipinski definition) is 4. The van der Waals surface area contributed by atoms with Gasteiger partial charge in [0.25, 0.3) is 0 Å². The van der Waals surface area contributed by atoms with Gasteiger partial charge in [0, 0.05) is 13.1 Å². The number of likely N-dealkylation sites (N-methyl/N-ethyl adjacent to an activating group) is 1. The van der Waals surface area contributed by atoms with Crippen LogP contribution in [-0.4, -0.2) is 54.0 Å². The van der Waals surface area contributed by atoms with Crippen LogP contribution in [-0.2, 0) is 0 Å². The molecule has 17 heavy (non-hydrogen) atoms. The van der Waals surface area contributed by atoms with Gasteiger partial charge in [-0.1, -0.05) is 26.7 Å². The molecule has 2 N–H and O–H groups in total. The monoisotopic (exact) mass is 238 g/mol. The summed E-state index contributed by atoms with van der Waals surface area (Å²) < 4.78 is 0. The summed E-state index contributed by atoms with van der Waals surface area (Å²) in [5.41, 5.74) is 6.35.